The molecule has 2 aromatic rings. The average Bonchev–Trinajstić information content (AvgIpc) is 2.93. The molecule has 0 aliphatic carbocycles. The molecule has 3 N–H and O–H groups in total. The molecular weight excluding hydrogens is 342 g/mol. The average molecular weight is 359 g/mol. The van der Waals surface area contributed by atoms with Crippen LogP contribution in [0.2, 0.25) is 0 Å². The van der Waals surface area contributed by atoms with E-state index in [2.05, 4.69) is 0 Å². The zero-order chi connectivity index (χ0) is 18.8. The van der Waals surface area contributed by atoms with E-state index in [9.17, 15) is 24.9 Å². The van der Waals surface area contributed by atoms with Crippen molar-refractivity contribution in [3.8, 4) is 6.07 Å². The van der Waals surface area contributed by atoms with Crippen molar-refractivity contribution in [2.45, 2.75) is 31.1 Å². The summed E-state index contributed by atoms with van der Waals surface area (Å²) in [7, 11) is 0. The van der Waals surface area contributed by atoms with Crippen LogP contribution in [0.4, 0.5) is 0 Å². The summed E-state index contributed by atoms with van der Waals surface area (Å²) in [6.07, 6.45) is -3.93. The normalized spacial score (nSPS) is 25.2. The van der Waals surface area contributed by atoms with Crippen LogP contribution < -0.4 is 11.2 Å². The molecule has 1 fully saturated rings. The summed E-state index contributed by atoms with van der Waals surface area (Å²) in [6.45, 7) is -0.657. The SMILES string of the molecule is N#Cc1ccccc1Cn1c(=O)ccn([C@@H]2O[C@H](CO)[C@@H](O)[C@H]2O)c1=O. The molecule has 1 saturated heterocycles. The number of nitriles is 1. The van der Waals surface area contributed by atoms with Gasteiger partial charge in [-0.05, 0) is 11.6 Å². The molecule has 4 atom stereocenters. The van der Waals surface area contributed by atoms with Crippen LogP contribution in [0.5, 0.6) is 0 Å². The van der Waals surface area contributed by atoms with Gasteiger partial charge in [-0.25, -0.2) is 4.79 Å². The minimum Gasteiger partial charge on any atom is -0.394 e. The Bertz CT molecular complexity index is 960. The first-order valence-corrected chi connectivity index (χ1v) is 7.90. The molecule has 9 heteroatoms. The molecule has 0 saturated carbocycles. The van der Waals surface area contributed by atoms with E-state index in [1.807, 2.05) is 6.07 Å². The smallest absolute Gasteiger partial charge is 0.333 e. The Morgan fingerprint density at radius 2 is 1.88 bits per heavy atom. The minimum absolute atomic E-state index is 0.128. The van der Waals surface area contributed by atoms with Crippen LogP contribution in [-0.2, 0) is 11.3 Å². The maximum atomic E-state index is 12.7. The molecule has 0 spiro atoms. The van der Waals surface area contributed by atoms with Crippen molar-refractivity contribution in [3.63, 3.8) is 0 Å². The number of ether oxygens (including phenoxy) is 1. The van der Waals surface area contributed by atoms with E-state index in [0.717, 1.165) is 21.4 Å². The minimum atomic E-state index is -1.44. The standard InChI is InChI=1S/C17H17N3O6/c18-7-10-3-1-2-4-11(10)8-20-13(22)5-6-19(17(20)25)16-15(24)14(23)12(9-21)26-16/h1-6,12,14-16,21,23-24H,8-9H2/t12-,14-,15-,16-/m1/s1. The third-order valence-electron chi connectivity index (χ3n) is 4.35. The molecule has 0 amide bonds. The Hall–Kier alpha value is -2.77. The van der Waals surface area contributed by atoms with Gasteiger partial charge >= 0.3 is 5.69 Å². The molecule has 136 valence electrons. The van der Waals surface area contributed by atoms with E-state index < -0.39 is 42.4 Å². The summed E-state index contributed by atoms with van der Waals surface area (Å²) in [5.41, 5.74) is -0.513. The Kier molecular flexibility index (Phi) is 5.01. The van der Waals surface area contributed by atoms with Gasteiger partial charge in [-0.1, -0.05) is 18.2 Å². The van der Waals surface area contributed by atoms with Gasteiger partial charge in [0.05, 0.1) is 24.8 Å². The molecule has 1 aromatic heterocycles. The highest BCUT2D eigenvalue weighted by molar-refractivity contribution is 5.37. The van der Waals surface area contributed by atoms with Crippen molar-refractivity contribution in [2.75, 3.05) is 6.61 Å². The van der Waals surface area contributed by atoms with E-state index in [1.165, 1.54) is 0 Å². The Balaban J connectivity index is 2.02. The third kappa shape index (κ3) is 3.07. The fraction of sp³-hybridized carbons (Fsp3) is 0.353. The largest absolute Gasteiger partial charge is 0.394 e. The topological polar surface area (TPSA) is 138 Å². The van der Waals surface area contributed by atoms with Crippen molar-refractivity contribution in [3.05, 3.63) is 68.5 Å². The molecule has 2 heterocycles. The van der Waals surface area contributed by atoms with Crippen LogP contribution in [0, 0.1) is 11.3 Å². The van der Waals surface area contributed by atoms with Gasteiger partial charge in [0.25, 0.3) is 5.56 Å². The van der Waals surface area contributed by atoms with Crippen molar-refractivity contribution in [2.24, 2.45) is 0 Å². The zero-order valence-electron chi connectivity index (χ0n) is 13.6. The van der Waals surface area contributed by atoms with Crippen LogP contribution in [0.3, 0.4) is 0 Å². The van der Waals surface area contributed by atoms with Crippen LogP contribution in [0.15, 0.2) is 46.1 Å². The first kappa shape index (κ1) is 18.0. The zero-order valence-corrected chi connectivity index (χ0v) is 13.6. The van der Waals surface area contributed by atoms with Gasteiger partial charge in [-0.2, -0.15) is 5.26 Å². The highest BCUT2D eigenvalue weighted by Crippen LogP contribution is 2.27. The summed E-state index contributed by atoms with van der Waals surface area (Å²) in [5.74, 6) is 0. The Morgan fingerprint density at radius 3 is 2.54 bits per heavy atom. The molecule has 9 nitrogen and oxygen atoms in total. The van der Waals surface area contributed by atoms with E-state index >= 15 is 0 Å². The third-order valence-corrected chi connectivity index (χ3v) is 4.35. The molecule has 0 radical (unpaired) electrons. The Labute approximate surface area is 147 Å². The van der Waals surface area contributed by atoms with Crippen LogP contribution in [0.1, 0.15) is 17.4 Å². The fourth-order valence-corrected chi connectivity index (χ4v) is 2.92. The summed E-state index contributed by atoms with van der Waals surface area (Å²) in [5, 5.41) is 38.3. The van der Waals surface area contributed by atoms with Crippen molar-refractivity contribution in [1.29, 1.82) is 5.26 Å². The highest BCUT2D eigenvalue weighted by atomic mass is 16.6. The summed E-state index contributed by atoms with van der Waals surface area (Å²) < 4.78 is 7.23. The van der Waals surface area contributed by atoms with Gasteiger partial charge in [0.15, 0.2) is 6.23 Å². The number of hydrogen-bond acceptors (Lipinski definition) is 7. The second-order valence-corrected chi connectivity index (χ2v) is 5.93. The number of aliphatic hydroxyl groups is 3. The van der Waals surface area contributed by atoms with Gasteiger partial charge in [0.2, 0.25) is 0 Å². The lowest BCUT2D eigenvalue weighted by atomic mass is 10.1. The van der Waals surface area contributed by atoms with Crippen molar-refractivity contribution >= 4 is 0 Å². The molecule has 1 aliphatic rings. The number of aromatic nitrogens is 2. The first-order chi connectivity index (χ1) is 12.5. The lowest BCUT2D eigenvalue weighted by Gasteiger charge is -2.18. The van der Waals surface area contributed by atoms with Crippen molar-refractivity contribution in [1.82, 2.24) is 9.13 Å². The maximum Gasteiger partial charge on any atom is 0.333 e. The summed E-state index contributed by atoms with van der Waals surface area (Å²) in [4.78, 5) is 24.9. The number of hydrogen-bond donors (Lipinski definition) is 3. The van der Waals surface area contributed by atoms with Gasteiger partial charge in [0, 0.05) is 12.3 Å². The number of aliphatic hydroxyl groups excluding tert-OH is 3. The van der Waals surface area contributed by atoms with Gasteiger partial charge < -0.3 is 20.1 Å². The van der Waals surface area contributed by atoms with Gasteiger partial charge in [-0.15, -0.1) is 0 Å². The molecule has 0 bridgehead atoms. The quantitative estimate of drug-likeness (QED) is 0.607. The van der Waals surface area contributed by atoms with Crippen molar-refractivity contribution < 1.29 is 20.1 Å². The van der Waals surface area contributed by atoms with E-state index in [0.29, 0.717) is 11.1 Å². The molecule has 1 aliphatic heterocycles. The second kappa shape index (κ2) is 7.23. The summed E-state index contributed by atoms with van der Waals surface area (Å²) in [6, 6.07) is 9.70. The predicted octanol–water partition coefficient (Wildman–Crippen LogP) is -1.46. The summed E-state index contributed by atoms with van der Waals surface area (Å²) >= 11 is 0. The first-order valence-electron chi connectivity index (χ1n) is 7.90. The lowest BCUT2D eigenvalue weighted by molar-refractivity contribution is -0.0555. The molecule has 1 aromatic carbocycles. The molecule has 3 rings (SSSR count). The second-order valence-electron chi connectivity index (χ2n) is 5.93. The van der Waals surface area contributed by atoms with Crippen LogP contribution in [0.25, 0.3) is 0 Å². The monoisotopic (exact) mass is 359 g/mol. The van der Waals surface area contributed by atoms with E-state index in [-0.39, 0.29) is 6.54 Å². The molecule has 0 unspecified atom stereocenters. The number of rotatable bonds is 4. The van der Waals surface area contributed by atoms with Crippen LogP contribution >= 0.6 is 0 Å². The number of nitrogens with zero attached hydrogens (tertiary/aromatic N) is 3. The molecular formula is C17H17N3O6. The lowest BCUT2D eigenvalue weighted by Crippen LogP contribution is -2.43. The number of benzene rings is 1. The van der Waals surface area contributed by atoms with Crippen LogP contribution in [-0.4, -0.2) is 49.4 Å². The Morgan fingerprint density at radius 1 is 1.15 bits per heavy atom. The van der Waals surface area contributed by atoms with Gasteiger partial charge in [0.1, 0.15) is 18.3 Å². The van der Waals surface area contributed by atoms with Gasteiger partial charge in [-0.3, -0.25) is 13.9 Å². The predicted molar refractivity (Wildman–Crippen MR) is 88.2 cm³/mol. The van der Waals surface area contributed by atoms with E-state index in [1.54, 1.807) is 24.3 Å². The van der Waals surface area contributed by atoms with E-state index in [4.69, 9.17) is 10.00 Å². The molecule has 26 heavy (non-hydrogen) atoms. The highest BCUT2D eigenvalue weighted by Gasteiger charge is 2.43. The maximum absolute atomic E-state index is 12.7. The fourth-order valence-electron chi connectivity index (χ4n) is 2.92.